The number of hydrogen-bond donors (Lipinski definition) is 0. The molecule has 19 heavy (non-hydrogen) atoms. The van der Waals surface area contributed by atoms with Crippen molar-refractivity contribution in [2.45, 2.75) is 38.6 Å². The summed E-state index contributed by atoms with van der Waals surface area (Å²) in [5.74, 6) is 1.73. The van der Waals surface area contributed by atoms with Crippen LogP contribution in [0.1, 0.15) is 38.4 Å². The van der Waals surface area contributed by atoms with Crippen molar-refractivity contribution in [2.24, 2.45) is 7.05 Å². The Morgan fingerprint density at radius 1 is 1.37 bits per heavy atom. The number of aryl methyl sites for hydroxylation is 1. The summed E-state index contributed by atoms with van der Waals surface area (Å²) in [4.78, 5) is 11.8. The number of piperidine rings is 1. The second-order valence-corrected chi connectivity index (χ2v) is 5.80. The largest absolute Gasteiger partial charge is 0.316 e. The molecule has 1 atom stereocenters. The Hall–Kier alpha value is -1.42. The lowest BCUT2D eigenvalue weighted by molar-refractivity contribution is 0.164. The summed E-state index contributed by atoms with van der Waals surface area (Å²) in [6, 6.07) is 4.63. The Balaban J connectivity index is 1.93. The molecule has 0 saturated carbocycles. The van der Waals surface area contributed by atoms with Crippen molar-refractivity contribution in [1.82, 2.24) is 19.4 Å². The molecule has 4 nitrogen and oxygen atoms in total. The topological polar surface area (TPSA) is 34.0 Å². The minimum absolute atomic E-state index is 0.537. The molecule has 0 bridgehead atoms. The van der Waals surface area contributed by atoms with Crippen molar-refractivity contribution >= 4 is 11.2 Å². The molecule has 0 radical (unpaired) electrons. The Kier molecular flexibility index (Phi) is 3.27. The average molecular weight is 258 g/mol. The van der Waals surface area contributed by atoms with Gasteiger partial charge in [-0.15, -0.1) is 0 Å². The second-order valence-electron chi connectivity index (χ2n) is 5.80. The van der Waals surface area contributed by atoms with Crippen LogP contribution in [0.2, 0.25) is 0 Å². The van der Waals surface area contributed by atoms with E-state index in [1.165, 1.54) is 25.2 Å². The van der Waals surface area contributed by atoms with E-state index in [0.717, 1.165) is 17.7 Å². The smallest absolute Gasteiger partial charge is 0.159 e. The van der Waals surface area contributed by atoms with Crippen LogP contribution in [0.15, 0.2) is 18.3 Å². The summed E-state index contributed by atoms with van der Waals surface area (Å²) in [6.45, 7) is 6.89. The zero-order valence-electron chi connectivity index (χ0n) is 12.0. The molecule has 4 heteroatoms. The van der Waals surface area contributed by atoms with Crippen LogP contribution in [0.25, 0.3) is 11.2 Å². The maximum Gasteiger partial charge on any atom is 0.159 e. The van der Waals surface area contributed by atoms with E-state index in [4.69, 9.17) is 4.98 Å². The lowest BCUT2D eigenvalue weighted by atomic mass is 9.96. The molecule has 1 aliphatic rings. The molecule has 0 aromatic carbocycles. The molecule has 1 aliphatic heterocycles. The van der Waals surface area contributed by atoms with E-state index in [2.05, 4.69) is 41.4 Å². The fourth-order valence-corrected chi connectivity index (χ4v) is 3.09. The van der Waals surface area contributed by atoms with Crippen molar-refractivity contribution < 1.29 is 0 Å². The van der Waals surface area contributed by atoms with Gasteiger partial charge >= 0.3 is 0 Å². The average Bonchev–Trinajstić information content (AvgIpc) is 2.77. The molecule has 0 aliphatic carbocycles. The SMILES string of the molecule is CC(C)N1CCCC(c2nc3cccnc3n2C)C1. The van der Waals surface area contributed by atoms with Gasteiger partial charge in [-0.2, -0.15) is 0 Å². The van der Waals surface area contributed by atoms with E-state index in [1.54, 1.807) is 0 Å². The van der Waals surface area contributed by atoms with E-state index in [9.17, 15) is 0 Å². The standard InChI is InChI=1S/C15H22N4/c1-11(2)19-9-5-6-12(10-19)14-17-13-7-4-8-16-15(13)18(14)3/h4,7-8,11-12H,5-6,9-10H2,1-3H3. The molecule has 2 aromatic heterocycles. The second kappa shape index (κ2) is 4.93. The Morgan fingerprint density at radius 2 is 2.21 bits per heavy atom. The molecule has 0 spiro atoms. The number of nitrogens with zero attached hydrogens (tertiary/aromatic N) is 4. The number of likely N-dealkylation sites (tertiary alicyclic amines) is 1. The molecular weight excluding hydrogens is 236 g/mol. The highest BCUT2D eigenvalue weighted by Crippen LogP contribution is 2.28. The van der Waals surface area contributed by atoms with Gasteiger partial charge in [0, 0.05) is 31.7 Å². The highest BCUT2D eigenvalue weighted by molar-refractivity contribution is 5.71. The molecule has 102 valence electrons. The Morgan fingerprint density at radius 3 is 2.95 bits per heavy atom. The normalized spacial score (nSPS) is 21.4. The predicted molar refractivity (Wildman–Crippen MR) is 77.2 cm³/mol. The maximum absolute atomic E-state index is 4.80. The quantitative estimate of drug-likeness (QED) is 0.830. The maximum atomic E-state index is 4.80. The highest BCUT2D eigenvalue weighted by atomic mass is 15.2. The van der Waals surface area contributed by atoms with Gasteiger partial charge in [0.25, 0.3) is 0 Å². The summed E-state index contributed by atoms with van der Waals surface area (Å²) in [6.07, 6.45) is 4.34. The van der Waals surface area contributed by atoms with Crippen LogP contribution < -0.4 is 0 Å². The predicted octanol–water partition coefficient (Wildman–Crippen LogP) is 2.56. The van der Waals surface area contributed by atoms with E-state index in [-0.39, 0.29) is 0 Å². The van der Waals surface area contributed by atoms with Crippen molar-refractivity contribution in [3.05, 3.63) is 24.2 Å². The minimum atomic E-state index is 0.537. The highest BCUT2D eigenvalue weighted by Gasteiger charge is 2.26. The van der Waals surface area contributed by atoms with Crippen LogP contribution in [0.5, 0.6) is 0 Å². The molecule has 1 fully saturated rings. The first-order valence-corrected chi connectivity index (χ1v) is 7.18. The molecule has 3 rings (SSSR count). The van der Waals surface area contributed by atoms with Crippen LogP contribution in [-0.2, 0) is 7.05 Å². The van der Waals surface area contributed by atoms with Gasteiger partial charge in [0.1, 0.15) is 11.3 Å². The van der Waals surface area contributed by atoms with Gasteiger partial charge in [-0.05, 0) is 45.4 Å². The molecule has 0 N–H and O–H groups in total. The first kappa shape index (κ1) is 12.6. The van der Waals surface area contributed by atoms with E-state index in [0.29, 0.717) is 12.0 Å². The van der Waals surface area contributed by atoms with Crippen LogP contribution >= 0.6 is 0 Å². The van der Waals surface area contributed by atoms with Gasteiger partial charge in [0.05, 0.1) is 0 Å². The van der Waals surface area contributed by atoms with Gasteiger partial charge in [0.2, 0.25) is 0 Å². The van der Waals surface area contributed by atoms with Crippen molar-refractivity contribution in [3.8, 4) is 0 Å². The summed E-state index contributed by atoms with van der Waals surface area (Å²) < 4.78 is 2.17. The first-order chi connectivity index (χ1) is 9.16. The third-order valence-electron chi connectivity index (χ3n) is 4.21. The molecular formula is C15H22N4. The summed E-state index contributed by atoms with van der Waals surface area (Å²) in [5.41, 5.74) is 2.01. The Bertz CT molecular complexity index is 573. The Labute approximate surface area is 114 Å². The zero-order chi connectivity index (χ0) is 13.4. The lowest BCUT2D eigenvalue weighted by Gasteiger charge is -2.35. The number of pyridine rings is 1. The van der Waals surface area contributed by atoms with Crippen molar-refractivity contribution in [3.63, 3.8) is 0 Å². The lowest BCUT2D eigenvalue weighted by Crippen LogP contribution is -2.39. The number of hydrogen-bond acceptors (Lipinski definition) is 3. The van der Waals surface area contributed by atoms with Gasteiger partial charge < -0.3 is 9.47 Å². The van der Waals surface area contributed by atoms with Gasteiger partial charge in [0.15, 0.2) is 5.65 Å². The summed E-state index contributed by atoms with van der Waals surface area (Å²) >= 11 is 0. The fourth-order valence-electron chi connectivity index (χ4n) is 3.09. The van der Waals surface area contributed by atoms with Crippen LogP contribution in [0, 0.1) is 0 Å². The first-order valence-electron chi connectivity index (χ1n) is 7.18. The molecule has 1 unspecified atom stereocenters. The van der Waals surface area contributed by atoms with Crippen LogP contribution in [-0.4, -0.2) is 38.6 Å². The molecule has 3 heterocycles. The minimum Gasteiger partial charge on any atom is -0.316 e. The van der Waals surface area contributed by atoms with Crippen molar-refractivity contribution in [2.75, 3.05) is 13.1 Å². The van der Waals surface area contributed by atoms with E-state index < -0.39 is 0 Å². The molecule has 2 aromatic rings. The third kappa shape index (κ3) is 2.25. The summed E-state index contributed by atoms with van der Waals surface area (Å²) in [5, 5.41) is 0. The molecule has 0 amide bonds. The van der Waals surface area contributed by atoms with E-state index >= 15 is 0 Å². The van der Waals surface area contributed by atoms with Gasteiger partial charge in [-0.1, -0.05) is 0 Å². The molecule has 1 saturated heterocycles. The third-order valence-corrected chi connectivity index (χ3v) is 4.21. The number of rotatable bonds is 2. The van der Waals surface area contributed by atoms with Gasteiger partial charge in [-0.25, -0.2) is 9.97 Å². The van der Waals surface area contributed by atoms with Crippen molar-refractivity contribution in [1.29, 1.82) is 0 Å². The zero-order valence-corrected chi connectivity index (χ0v) is 12.0. The van der Waals surface area contributed by atoms with Crippen LogP contribution in [0.4, 0.5) is 0 Å². The number of fused-ring (bicyclic) bond motifs is 1. The van der Waals surface area contributed by atoms with Gasteiger partial charge in [-0.3, -0.25) is 0 Å². The summed E-state index contributed by atoms with van der Waals surface area (Å²) in [7, 11) is 2.09. The fraction of sp³-hybridized carbons (Fsp3) is 0.600. The van der Waals surface area contributed by atoms with E-state index in [1.807, 2.05) is 12.3 Å². The number of imidazole rings is 1. The van der Waals surface area contributed by atoms with Crippen LogP contribution in [0.3, 0.4) is 0 Å². The number of aromatic nitrogens is 3. The monoisotopic (exact) mass is 258 g/mol.